The van der Waals surface area contributed by atoms with Gasteiger partial charge in [0.2, 0.25) is 5.89 Å². The van der Waals surface area contributed by atoms with E-state index in [4.69, 9.17) is 9.15 Å². The Morgan fingerprint density at radius 1 is 1.25 bits per heavy atom. The van der Waals surface area contributed by atoms with Crippen molar-refractivity contribution in [3.8, 4) is 17.2 Å². The summed E-state index contributed by atoms with van der Waals surface area (Å²) in [5.41, 5.74) is 2.57. The third-order valence-corrected chi connectivity index (χ3v) is 4.41. The molecule has 0 saturated carbocycles. The number of benzene rings is 2. The van der Waals surface area contributed by atoms with Gasteiger partial charge in [0.05, 0.1) is 7.11 Å². The Labute approximate surface area is 161 Å². The van der Waals surface area contributed by atoms with E-state index in [1.165, 1.54) is 0 Å². The van der Waals surface area contributed by atoms with E-state index in [0.29, 0.717) is 35.5 Å². The Balaban J connectivity index is 1.49. The summed E-state index contributed by atoms with van der Waals surface area (Å²) in [6.07, 6.45) is 2.24. The lowest BCUT2D eigenvalue weighted by Crippen LogP contribution is -2.26. The highest BCUT2D eigenvalue weighted by Crippen LogP contribution is 2.27. The summed E-state index contributed by atoms with van der Waals surface area (Å²) < 4.78 is 12.9. The van der Waals surface area contributed by atoms with E-state index in [1.54, 1.807) is 31.6 Å². The zero-order chi connectivity index (χ0) is 19.5. The van der Waals surface area contributed by atoms with E-state index in [0.717, 1.165) is 17.1 Å². The first-order valence-electron chi connectivity index (χ1n) is 8.80. The van der Waals surface area contributed by atoms with E-state index in [1.807, 2.05) is 35.9 Å². The van der Waals surface area contributed by atoms with Crippen LogP contribution in [0.1, 0.15) is 16.2 Å². The molecule has 0 aliphatic heterocycles. The van der Waals surface area contributed by atoms with Crippen molar-refractivity contribution in [2.75, 3.05) is 13.7 Å². The summed E-state index contributed by atoms with van der Waals surface area (Å²) in [4.78, 5) is 16.9. The maximum atomic E-state index is 12.4. The standard InChI is InChI=1S/C20H19N5O3/c1-25-12-22-24-18(25)8-9-21-19(26)13-6-7-16-17(11-13)28-20(23-16)14-4-3-5-15(10-14)27-2/h3-7,10-12H,8-9H2,1-2H3,(H,21,26). The number of oxazole rings is 1. The van der Waals surface area contributed by atoms with Crippen LogP contribution in [-0.4, -0.2) is 39.3 Å². The number of methoxy groups -OCH3 is 1. The highest BCUT2D eigenvalue weighted by atomic mass is 16.5. The average molecular weight is 377 g/mol. The maximum absolute atomic E-state index is 12.4. The maximum Gasteiger partial charge on any atom is 0.251 e. The van der Waals surface area contributed by atoms with Crippen molar-refractivity contribution in [1.82, 2.24) is 25.1 Å². The molecule has 0 unspecified atom stereocenters. The topological polar surface area (TPSA) is 95.1 Å². The summed E-state index contributed by atoms with van der Waals surface area (Å²) in [5.74, 6) is 1.84. The second-order valence-corrected chi connectivity index (χ2v) is 6.30. The number of hydrogen-bond acceptors (Lipinski definition) is 6. The number of nitrogens with one attached hydrogen (secondary N) is 1. The van der Waals surface area contributed by atoms with Gasteiger partial charge < -0.3 is 19.0 Å². The SMILES string of the molecule is COc1cccc(-c2nc3ccc(C(=O)NCCc4nncn4C)cc3o2)c1. The first-order valence-corrected chi connectivity index (χ1v) is 8.80. The van der Waals surface area contributed by atoms with Gasteiger partial charge in [0.15, 0.2) is 5.58 Å². The highest BCUT2D eigenvalue weighted by Gasteiger charge is 2.13. The molecule has 0 saturated heterocycles. The van der Waals surface area contributed by atoms with Gasteiger partial charge in [-0.05, 0) is 36.4 Å². The van der Waals surface area contributed by atoms with Gasteiger partial charge in [-0.25, -0.2) is 4.98 Å². The molecular formula is C20H19N5O3. The summed E-state index contributed by atoms with van der Waals surface area (Å²) in [5, 5.41) is 10.7. The first-order chi connectivity index (χ1) is 13.6. The molecule has 8 heteroatoms. The Hall–Kier alpha value is -3.68. The molecule has 2 aromatic carbocycles. The number of carbonyl (C=O) groups is 1. The Bertz CT molecular complexity index is 1130. The lowest BCUT2D eigenvalue weighted by Gasteiger charge is -2.04. The second-order valence-electron chi connectivity index (χ2n) is 6.30. The van der Waals surface area contributed by atoms with Gasteiger partial charge in [-0.15, -0.1) is 10.2 Å². The fourth-order valence-corrected chi connectivity index (χ4v) is 2.87. The van der Waals surface area contributed by atoms with E-state index >= 15 is 0 Å². The van der Waals surface area contributed by atoms with Crippen LogP contribution in [0.3, 0.4) is 0 Å². The van der Waals surface area contributed by atoms with Crippen LogP contribution in [-0.2, 0) is 13.5 Å². The number of carbonyl (C=O) groups excluding carboxylic acids is 1. The number of aryl methyl sites for hydroxylation is 1. The Kier molecular flexibility index (Phi) is 4.76. The number of aromatic nitrogens is 4. The molecule has 0 aliphatic carbocycles. The van der Waals surface area contributed by atoms with Crippen LogP contribution in [0.15, 0.2) is 53.2 Å². The van der Waals surface area contributed by atoms with Gasteiger partial charge in [-0.3, -0.25) is 4.79 Å². The summed E-state index contributed by atoms with van der Waals surface area (Å²) >= 11 is 0. The molecule has 0 aliphatic rings. The lowest BCUT2D eigenvalue weighted by molar-refractivity contribution is 0.0954. The molecule has 4 rings (SSSR count). The smallest absolute Gasteiger partial charge is 0.251 e. The summed E-state index contributed by atoms with van der Waals surface area (Å²) in [6.45, 7) is 0.467. The third-order valence-electron chi connectivity index (χ3n) is 4.41. The number of nitrogens with zero attached hydrogens (tertiary/aromatic N) is 4. The molecule has 4 aromatic rings. The quantitative estimate of drug-likeness (QED) is 0.555. The van der Waals surface area contributed by atoms with Gasteiger partial charge in [0, 0.05) is 31.1 Å². The molecule has 0 bridgehead atoms. The molecule has 0 spiro atoms. The minimum Gasteiger partial charge on any atom is -0.497 e. The zero-order valence-electron chi connectivity index (χ0n) is 15.5. The lowest BCUT2D eigenvalue weighted by atomic mass is 10.2. The molecule has 1 amide bonds. The second kappa shape index (κ2) is 7.51. The molecule has 8 nitrogen and oxygen atoms in total. The van der Waals surface area contributed by atoms with E-state index in [9.17, 15) is 4.79 Å². The first kappa shape index (κ1) is 17.7. The van der Waals surface area contributed by atoms with E-state index in [-0.39, 0.29) is 5.91 Å². The van der Waals surface area contributed by atoms with Gasteiger partial charge in [0.1, 0.15) is 23.4 Å². The minimum atomic E-state index is -0.177. The zero-order valence-corrected chi connectivity index (χ0v) is 15.5. The number of hydrogen-bond donors (Lipinski definition) is 1. The van der Waals surface area contributed by atoms with Crippen molar-refractivity contribution in [3.05, 3.63) is 60.2 Å². The van der Waals surface area contributed by atoms with Crippen LogP contribution < -0.4 is 10.1 Å². The van der Waals surface area contributed by atoms with Crippen molar-refractivity contribution in [3.63, 3.8) is 0 Å². The minimum absolute atomic E-state index is 0.177. The normalized spacial score (nSPS) is 10.9. The largest absolute Gasteiger partial charge is 0.497 e. The molecule has 0 atom stereocenters. The van der Waals surface area contributed by atoms with Gasteiger partial charge in [-0.2, -0.15) is 0 Å². The molecule has 0 radical (unpaired) electrons. The number of amides is 1. The predicted octanol–water partition coefficient (Wildman–Crippen LogP) is 2.60. The van der Waals surface area contributed by atoms with Crippen molar-refractivity contribution >= 4 is 17.0 Å². The van der Waals surface area contributed by atoms with E-state index in [2.05, 4.69) is 20.5 Å². The van der Waals surface area contributed by atoms with Gasteiger partial charge in [-0.1, -0.05) is 6.07 Å². The van der Waals surface area contributed by atoms with Gasteiger partial charge >= 0.3 is 0 Å². The monoisotopic (exact) mass is 377 g/mol. The summed E-state index contributed by atoms with van der Waals surface area (Å²) in [6, 6.07) is 12.7. The predicted molar refractivity (Wildman–Crippen MR) is 103 cm³/mol. The molecular weight excluding hydrogens is 358 g/mol. The van der Waals surface area contributed by atoms with Crippen molar-refractivity contribution in [1.29, 1.82) is 0 Å². The average Bonchev–Trinajstić information content (AvgIpc) is 3.33. The Morgan fingerprint density at radius 3 is 2.93 bits per heavy atom. The van der Waals surface area contributed by atoms with Crippen LogP contribution in [0.25, 0.3) is 22.6 Å². The highest BCUT2D eigenvalue weighted by molar-refractivity contribution is 5.97. The number of rotatable bonds is 6. The van der Waals surface area contributed by atoms with Crippen LogP contribution in [0, 0.1) is 0 Å². The fourth-order valence-electron chi connectivity index (χ4n) is 2.87. The molecule has 28 heavy (non-hydrogen) atoms. The molecule has 0 fully saturated rings. The fraction of sp³-hybridized carbons (Fsp3) is 0.200. The van der Waals surface area contributed by atoms with Crippen LogP contribution in [0.2, 0.25) is 0 Å². The molecule has 2 heterocycles. The molecule has 1 N–H and O–H groups in total. The van der Waals surface area contributed by atoms with Crippen molar-refractivity contribution in [2.45, 2.75) is 6.42 Å². The summed E-state index contributed by atoms with van der Waals surface area (Å²) in [7, 11) is 3.48. The van der Waals surface area contributed by atoms with E-state index < -0.39 is 0 Å². The van der Waals surface area contributed by atoms with Crippen LogP contribution in [0.5, 0.6) is 5.75 Å². The third kappa shape index (κ3) is 3.57. The molecule has 2 aromatic heterocycles. The van der Waals surface area contributed by atoms with Gasteiger partial charge in [0.25, 0.3) is 5.91 Å². The van der Waals surface area contributed by atoms with Crippen molar-refractivity contribution in [2.24, 2.45) is 7.05 Å². The van der Waals surface area contributed by atoms with Crippen LogP contribution in [0.4, 0.5) is 0 Å². The number of ether oxygens (including phenoxy) is 1. The van der Waals surface area contributed by atoms with Crippen LogP contribution >= 0.6 is 0 Å². The van der Waals surface area contributed by atoms with Crippen molar-refractivity contribution < 1.29 is 13.9 Å². The molecule has 142 valence electrons. The number of fused-ring (bicyclic) bond motifs is 1. The Morgan fingerprint density at radius 2 is 2.14 bits per heavy atom.